The lowest BCUT2D eigenvalue weighted by molar-refractivity contribution is -0.122. The maximum absolute atomic E-state index is 12.6. The minimum Gasteiger partial charge on any atom is -0.507 e. The van der Waals surface area contributed by atoms with Crippen LogP contribution < -0.4 is 5.32 Å². The number of carbonyl (C=O) groups is 1. The monoisotopic (exact) mass is 532 g/mol. The summed E-state index contributed by atoms with van der Waals surface area (Å²) in [5.41, 5.74) is 0.872. The Labute approximate surface area is 201 Å². The van der Waals surface area contributed by atoms with Crippen LogP contribution in [-0.4, -0.2) is 49.1 Å². The van der Waals surface area contributed by atoms with Gasteiger partial charge in [0, 0.05) is 28.1 Å². The number of nitrogens with one attached hydrogen (secondary N) is 1. The first-order valence-corrected chi connectivity index (χ1v) is 13.1. The van der Waals surface area contributed by atoms with Gasteiger partial charge in [0.15, 0.2) is 5.84 Å². The number of aromatic hydroxyl groups is 1. The number of fused-ring (bicyclic) bond motifs is 1. The summed E-state index contributed by atoms with van der Waals surface area (Å²) < 4.78 is 29.8. The van der Waals surface area contributed by atoms with E-state index in [0.29, 0.717) is 11.1 Å². The summed E-state index contributed by atoms with van der Waals surface area (Å²) in [7, 11) is -3.84. The van der Waals surface area contributed by atoms with Crippen molar-refractivity contribution in [2.45, 2.75) is 49.5 Å². The van der Waals surface area contributed by atoms with Crippen molar-refractivity contribution in [3.63, 3.8) is 0 Å². The number of amides is 1. The molecule has 1 aliphatic heterocycles. The van der Waals surface area contributed by atoms with E-state index >= 15 is 0 Å². The number of rotatable bonds is 6. The molecule has 0 unspecified atom stereocenters. The summed E-state index contributed by atoms with van der Waals surface area (Å²) in [4.78, 5) is 12.7. The third-order valence-corrected chi connectivity index (χ3v) is 7.52. The highest BCUT2D eigenvalue weighted by molar-refractivity contribution is 9.10. The molecule has 0 bridgehead atoms. The zero-order valence-electron chi connectivity index (χ0n) is 17.9. The van der Waals surface area contributed by atoms with Gasteiger partial charge in [-0.3, -0.25) is 4.79 Å². The maximum Gasteiger partial charge on any atom is 0.285 e. The molecule has 1 fully saturated rings. The van der Waals surface area contributed by atoms with Crippen molar-refractivity contribution in [1.29, 1.82) is 0 Å². The molecule has 0 spiro atoms. The number of carbonyl (C=O) groups excluding carboxylic acids is 1. The normalized spacial score (nSPS) is 17.5. The van der Waals surface area contributed by atoms with E-state index in [0.717, 1.165) is 30.2 Å². The van der Waals surface area contributed by atoms with Crippen molar-refractivity contribution in [2.75, 3.05) is 6.54 Å². The zero-order valence-corrected chi connectivity index (χ0v) is 20.3. The number of benzene rings is 2. The van der Waals surface area contributed by atoms with Gasteiger partial charge in [0.1, 0.15) is 10.6 Å². The number of amidine groups is 1. The molecule has 2 aromatic rings. The second kappa shape index (κ2) is 10.0. The highest BCUT2D eigenvalue weighted by Crippen LogP contribution is 2.28. The van der Waals surface area contributed by atoms with E-state index in [1.54, 1.807) is 30.3 Å². The second-order valence-electron chi connectivity index (χ2n) is 8.11. The largest absolute Gasteiger partial charge is 0.507 e. The summed E-state index contributed by atoms with van der Waals surface area (Å²) in [6, 6.07) is 11.6. The van der Waals surface area contributed by atoms with E-state index in [1.807, 2.05) is 0 Å². The molecule has 2 aromatic carbocycles. The molecular formula is C23H25BrN4O4S. The Morgan fingerprint density at radius 2 is 1.97 bits per heavy atom. The molecule has 1 amide bonds. The van der Waals surface area contributed by atoms with Crippen LogP contribution in [0.25, 0.3) is 0 Å². The van der Waals surface area contributed by atoms with Gasteiger partial charge in [-0.05, 0) is 43.2 Å². The van der Waals surface area contributed by atoms with Gasteiger partial charge in [-0.1, -0.05) is 47.3 Å². The number of halogens is 1. The highest BCUT2D eigenvalue weighted by Gasteiger charge is 2.32. The molecule has 0 atom stereocenters. The van der Waals surface area contributed by atoms with Gasteiger partial charge in [-0.2, -0.15) is 13.5 Å². The Hall–Kier alpha value is -2.72. The van der Waals surface area contributed by atoms with Crippen LogP contribution in [0.15, 0.2) is 61.3 Å². The number of hydrogen-bond donors (Lipinski definition) is 2. The quantitative estimate of drug-likeness (QED) is 0.434. The Bertz CT molecular complexity index is 1210. The topological polar surface area (TPSA) is 111 Å². The fourth-order valence-corrected chi connectivity index (χ4v) is 5.59. The van der Waals surface area contributed by atoms with Crippen molar-refractivity contribution in [1.82, 2.24) is 10.3 Å². The third-order valence-electron chi connectivity index (χ3n) is 5.70. The van der Waals surface area contributed by atoms with Crippen molar-refractivity contribution in [3.8, 4) is 5.75 Å². The summed E-state index contributed by atoms with van der Waals surface area (Å²) in [6.45, 7) is 0.131. The lowest BCUT2D eigenvalue weighted by atomic mass is 9.95. The van der Waals surface area contributed by atoms with E-state index in [4.69, 9.17) is 0 Å². The highest BCUT2D eigenvalue weighted by atomic mass is 79.9. The Morgan fingerprint density at radius 1 is 1.21 bits per heavy atom. The summed E-state index contributed by atoms with van der Waals surface area (Å²) in [5, 5.41) is 19.0. The molecule has 1 saturated carbocycles. The van der Waals surface area contributed by atoms with Gasteiger partial charge < -0.3 is 10.4 Å². The van der Waals surface area contributed by atoms with E-state index in [9.17, 15) is 18.3 Å². The predicted molar refractivity (Wildman–Crippen MR) is 130 cm³/mol. The van der Waals surface area contributed by atoms with Gasteiger partial charge in [-0.25, -0.2) is 5.01 Å². The minimum atomic E-state index is -3.84. The molecule has 33 heavy (non-hydrogen) atoms. The number of nitrogens with zero attached hydrogens (tertiary/aromatic N) is 3. The van der Waals surface area contributed by atoms with Crippen molar-refractivity contribution in [3.05, 3.63) is 58.1 Å². The van der Waals surface area contributed by atoms with E-state index < -0.39 is 10.0 Å². The molecule has 2 N–H and O–H groups in total. The van der Waals surface area contributed by atoms with Crippen molar-refractivity contribution >= 4 is 43.9 Å². The predicted octanol–water partition coefficient (Wildman–Crippen LogP) is 3.78. The molecule has 1 aliphatic carbocycles. The van der Waals surface area contributed by atoms with E-state index in [-0.39, 0.29) is 41.4 Å². The molecule has 0 saturated heterocycles. The van der Waals surface area contributed by atoms with Gasteiger partial charge >= 0.3 is 0 Å². The van der Waals surface area contributed by atoms with Gasteiger partial charge in [0.25, 0.3) is 10.0 Å². The summed E-state index contributed by atoms with van der Waals surface area (Å²) in [6.07, 6.45) is 6.94. The minimum absolute atomic E-state index is 0.0262. The molecule has 0 aromatic heterocycles. The number of sulfonamides is 1. The van der Waals surface area contributed by atoms with Crippen LogP contribution >= 0.6 is 15.9 Å². The summed E-state index contributed by atoms with van der Waals surface area (Å²) >= 11 is 3.36. The van der Waals surface area contributed by atoms with Crippen LogP contribution in [0.1, 0.15) is 49.7 Å². The first-order valence-electron chi connectivity index (χ1n) is 10.9. The zero-order chi connectivity index (χ0) is 23.4. The number of phenolic OH excluding ortho intramolecular Hbond substituents is 1. The van der Waals surface area contributed by atoms with Crippen LogP contribution in [0.4, 0.5) is 0 Å². The smallest absolute Gasteiger partial charge is 0.285 e. The Kier molecular flexibility index (Phi) is 7.14. The Morgan fingerprint density at radius 3 is 2.76 bits per heavy atom. The first-order chi connectivity index (χ1) is 15.8. The second-order valence-corrected chi connectivity index (χ2v) is 10.6. The average Bonchev–Trinajstić information content (AvgIpc) is 3.07. The van der Waals surface area contributed by atoms with Gasteiger partial charge in [0.2, 0.25) is 5.91 Å². The fraction of sp³-hybridized carbons (Fsp3) is 0.348. The van der Waals surface area contributed by atoms with E-state index in [1.165, 1.54) is 29.8 Å². The lowest BCUT2D eigenvalue weighted by Gasteiger charge is -2.24. The molecule has 4 rings (SSSR count). The SMILES string of the molecule is O=C(CCN(/N=C\c1cc(Br)ccc1O)C1=NS(=O)(=O)c2ccccc21)NC1CCCCC1. The standard InChI is InChI=1S/C23H25BrN4O4S/c24-17-10-11-20(29)16(14-17)15-25-28(13-12-22(30)26-18-6-2-1-3-7-18)23-19-8-4-5-9-21(19)33(31,32)27-23/h4-5,8-11,14-15,18,29H,1-3,6-7,12-13H2,(H,26,30)/b25-15-. The number of hydrazone groups is 1. The fourth-order valence-electron chi connectivity index (χ4n) is 4.01. The van der Waals surface area contributed by atoms with Gasteiger partial charge in [0.05, 0.1) is 12.8 Å². The van der Waals surface area contributed by atoms with Crippen molar-refractivity contribution < 1.29 is 18.3 Å². The van der Waals surface area contributed by atoms with Crippen LogP contribution in [0.5, 0.6) is 5.75 Å². The lowest BCUT2D eigenvalue weighted by Crippen LogP contribution is -2.38. The van der Waals surface area contributed by atoms with Crippen LogP contribution in [-0.2, 0) is 14.8 Å². The molecular weight excluding hydrogens is 508 g/mol. The average molecular weight is 533 g/mol. The molecule has 10 heteroatoms. The third kappa shape index (κ3) is 5.62. The first kappa shape index (κ1) is 23.4. The van der Waals surface area contributed by atoms with Crippen molar-refractivity contribution in [2.24, 2.45) is 9.50 Å². The molecule has 2 aliphatic rings. The maximum atomic E-state index is 12.6. The Balaban J connectivity index is 1.58. The van der Waals surface area contributed by atoms with Crippen LogP contribution in [0.3, 0.4) is 0 Å². The molecule has 174 valence electrons. The summed E-state index contributed by atoms with van der Waals surface area (Å²) in [5.74, 6) is 0.0715. The van der Waals surface area contributed by atoms with Crippen LogP contribution in [0, 0.1) is 0 Å². The molecule has 0 radical (unpaired) electrons. The number of phenols is 1. The molecule has 8 nitrogen and oxygen atoms in total. The van der Waals surface area contributed by atoms with Crippen LogP contribution in [0.2, 0.25) is 0 Å². The van der Waals surface area contributed by atoms with Gasteiger partial charge in [-0.15, -0.1) is 4.40 Å². The molecule has 1 heterocycles. The number of hydrogen-bond acceptors (Lipinski definition) is 6. The van der Waals surface area contributed by atoms with E-state index in [2.05, 4.69) is 30.7 Å².